The van der Waals surface area contributed by atoms with Crippen LogP contribution in [-0.2, 0) is 26.2 Å². The summed E-state index contributed by atoms with van der Waals surface area (Å²) in [6.07, 6.45) is 2.19. The summed E-state index contributed by atoms with van der Waals surface area (Å²) < 4.78 is 32.1. The molecule has 126 valence electrons. The van der Waals surface area contributed by atoms with E-state index >= 15 is 0 Å². The number of nitrogens with zero attached hydrogens (tertiary/aromatic N) is 1. The van der Waals surface area contributed by atoms with Gasteiger partial charge in [0.15, 0.2) is 0 Å². The van der Waals surface area contributed by atoms with Gasteiger partial charge in [-0.1, -0.05) is 18.6 Å². The Balaban J connectivity index is 1.90. The number of ether oxygens (including phenoxy) is 1. The van der Waals surface area contributed by atoms with Gasteiger partial charge in [0, 0.05) is 20.2 Å². The number of aliphatic carboxylic acids is 1. The van der Waals surface area contributed by atoms with Gasteiger partial charge in [-0.2, -0.15) is 4.31 Å². The molecule has 1 saturated heterocycles. The maximum absolute atomic E-state index is 12.9. The molecule has 0 unspecified atom stereocenters. The third-order valence-electron chi connectivity index (χ3n) is 5.11. The average molecular weight is 339 g/mol. The minimum absolute atomic E-state index is 0.0733. The van der Waals surface area contributed by atoms with Crippen molar-refractivity contribution in [2.45, 2.75) is 30.8 Å². The van der Waals surface area contributed by atoms with Gasteiger partial charge in [-0.3, -0.25) is 4.79 Å². The van der Waals surface area contributed by atoms with E-state index in [-0.39, 0.29) is 17.4 Å². The Kier molecular flexibility index (Phi) is 4.20. The Labute approximate surface area is 136 Å². The van der Waals surface area contributed by atoms with Gasteiger partial charge in [0.25, 0.3) is 0 Å². The number of sulfonamides is 1. The standard InChI is InChI=1S/C16H21NO5S/c1-22-10-12-4-2-6-14(8-12)23(20,21)17-9-13-5-3-7-16(13,11-17)15(18)19/h2,4,6,8,13H,3,5,7,9-11H2,1H3,(H,18,19)/t13-,16+/m0/s1. The Morgan fingerprint density at radius 1 is 1.48 bits per heavy atom. The van der Waals surface area contributed by atoms with Gasteiger partial charge in [-0.15, -0.1) is 0 Å². The third-order valence-corrected chi connectivity index (χ3v) is 6.92. The Hall–Kier alpha value is -1.44. The zero-order chi connectivity index (χ0) is 16.7. The molecular formula is C16H21NO5S. The average Bonchev–Trinajstić information content (AvgIpc) is 3.06. The van der Waals surface area contributed by atoms with Crippen molar-refractivity contribution in [2.75, 3.05) is 20.2 Å². The van der Waals surface area contributed by atoms with Crippen LogP contribution in [-0.4, -0.2) is 44.0 Å². The highest BCUT2D eigenvalue weighted by Crippen LogP contribution is 2.50. The number of hydrogen-bond acceptors (Lipinski definition) is 4. The topological polar surface area (TPSA) is 83.9 Å². The van der Waals surface area contributed by atoms with Gasteiger partial charge in [0.2, 0.25) is 10.0 Å². The van der Waals surface area contributed by atoms with Gasteiger partial charge in [0.05, 0.1) is 16.9 Å². The quantitative estimate of drug-likeness (QED) is 0.883. The van der Waals surface area contributed by atoms with Gasteiger partial charge in [-0.25, -0.2) is 8.42 Å². The summed E-state index contributed by atoms with van der Waals surface area (Å²) in [4.78, 5) is 11.9. The first-order valence-corrected chi connectivity index (χ1v) is 9.15. The molecule has 1 heterocycles. The van der Waals surface area contributed by atoms with E-state index in [9.17, 15) is 18.3 Å². The summed E-state index contributed by atoms with van der Waals surface area (Å²) in [6, 6.07) is 6.64. The van der Waals surface area contributed by atoms with Crippen molar-refractivity contribution in [2.24, 2.45) is 11.3 Å². The zero-order valence-electron chi connectivity index (χ0n) is 13.1. The van der Waals surface area contributed by atoms with Crippen LogP contribution in [0, 0.1) is 11.3 Å². The SMILES string of the molecule is COCc1cccc(S(=O)(=O)N2C[C@@H]3CCC[C@@]3(C(=O)O)C2)c1. The number of benzene rings is 1. The molecule has 1 saturated carbocycles. The fourth-order valence-corrected chi connectivity index (χ4v) is 5.51. The molecule has 0 radical (unpaired) electrons. The highest BCUT2D eigenvalue weighted by molar-refractivity contribution is 7.89. The second-order valence-corrected chi connectivity index (χ2v) is 8.37. The number of carboxylic acids is 1. The minimum atomic E-state index is -3.68. The van der Waals surface area contributed by atoms with Crippen LogP contribution in [0.2, 0.25) is 0 Å². The monoisotopic (exact) mass is 339 g/mol. The first-order chi connectivity index (χ1) is 10.9. The fourth-order valence-electron chi connectivity index (χ4n) is 3.89. The molecule has 2 atom stereocenters. The number of carbonyl (C=O) groups is 1. The number of rotatable bonds is 5. The summed E-state index contributed by atoms with van der Waals surface area (Å²) in [6.45, 7) is 0.706. The van der Waals surface area contributed by atoms with E-state index in [4.69, 9.17) is 4.74 Å². The molecule has 1 aliphatic carbocycles. The maximum Gasteiger partial charge on any atom is 0.311 e. The van der Waals surface area contributed by atoms with Gasteiger partial charge in [-0.05, 0) is 36.5 Å². The molecule has 7 heteroatoms. The number of carboxylic acid groups (broad SMARTS) is 1. The number of fused-ring (bicyclic) bond motifs is 1. The van der Waals surface area contributed by atoms with Crippen molar-refractivity contribution in [1.29, 1.82) is 0 Å². The number of hydrogen-bond donors (Lipinski definition) is 1. The molecule has 6 nitrogen and oxygen atoms in total. The largest absolute Gasteiger partial charge is 0.481 e. The number of methoxy groups -OCH3 is 1. The van der Waals surface area contributed by atoms with E-state index < -0.39 is 21.4 Å². The molecule has 3 rings (SSSR count). The predicted octanol–water partition coefficient (Wildman–Crippen LogP) is 1.71. The van der Waals surface area contributed by atoms with Crippen LogP contribution < -0.4 is 0 Å². The first kappa shape index (κ1) is 16.4. The molecule has 0 bridgehead atoms. The fraction of sp³-hybridized carbons (Fsp3) is 0.562. The Morgan fingerprint density at radius 2 is 2.26 bits per heavy atom. The zero-order valence-corrected chi connectivity index (χ0v) is 13.9. The lowest BCUT2D eigenvalue weighted by atomic mass is 9.81. The van der Waals surface area contributed by atoms with Crippen LogP contribution in [0.1, 0.15) is 24.8 Å². The van der Waals surface area contributed by atoms with Crippen molar-refractivity contribution in [3.05, 3.63) is 29.8 Å². The smallest absolute Gasteiger partial charge is 0.311 e. The summed E-state index contributed by atoms with van der Waals surface area (Å²) in [5, 5.41) is 9.60. The van der Waals surface area contributed by atoms with Crippen molar-refractivity contribution in [3.63, 3.8) is 0 Å². The molecule has 1 aromatic carbocycles. The Morgan fingerprint density at radius 3 is 2.91 bits per heavy atom. The predicted molar refractivity (Wildman–Crippen MR) is 83.3 cm³/mol. The van der Waals surface area contributed by atoms with Crippen LogP contribution in [0.15, 0.2) is 29.2 Å². The molecule has 0 amide bonds. The van der Waals surface area contributed by atoms with Crippen LogP contribution in [0.25, 0.3) is 0 Å². The molecule has 2 aliphatic rings. The van der Waals surface area contributed by atoms with Crippen molar-refractivity contribution >= 4 is 16.0 Å². The molecular weight excluding hydrogens is 318 g/mol. The summed E-state index contributed by atoms with van der Waals surface area (Å²) in [5.41, 5.74) is -0.127. The second kappa shape index (κ2) is 5.89. The molecule has 1 N–H and O–H groups in total. The van der Waals surface area contributed by atoms with Gasteiger partial charge in [0.1, 0.15) is 0 Å². The first-order valence-electron chi connectivity index (χ1n) is 7.71. The summed E-state index contributed by atoms with van der Waals surface area (Å²) >= 11 is 0. The van der Waals surface area contributed by atoms with Crippen molar-refractivity contribution in [3.8, 4) is 0 Å². The Bertz CT molecular complexity index is 717. The van der Waals surface area contributed by atoms with E-state index in [0.717, 1.165) is 18.4 Å². The van der Waals surface area contributed by atoms with E-state index in [0.29, 0.717) is 19.6 Å². The second-order valence-electron chi connectivity index (χ2n) is 6.43. The molecule has 2 fully saturated rings. The highest BCUT2D eigenvalue weighted by Gasteiger charge is 2.57. The van der Waals surface area contributed by atoms with E-state index in [1.165, 1.54) is 4.31 Å². The lowest BCUT2D eigenvalue weighted by Gasteiger charge is -2.23. The van der Waals surface area contributed by atoms with Crippen LogP contribution >= 0.6 is 0 Å². The van der Waals surface area contributed by atoms with E-state index in [1.807, 2.05) is 0 Å². The lowest BCUT2D eigenvalue weighted by Crippen LogP contribution is -2.37. The lowest BCUT2D eigenvalue weighted by molar-refractivity contribution is -0.149. The molecule has 1 aromatic rings. The van der Waals surface area contributed by atoms with E-state index in [1.54, 1.807) is 31.4 Å². The van der Waals surface area contributed by atoms with Gasteiger partial charge >= 0.3 is 5.97 Å². The summed E-state index contributed by atoms with van der Waals surface area (Å²) in [5.74, 6) is -0.956. The molecule has 23 heavy (non-hydrogen) atoms. The maximum atomic E-state index is 12.9. The summed E-state index contributed by atoms with van der Waals surface area (Å²) in [7, 11) is -2.12. The third kappa shape index (κ3) is 2.66. The van der Waals surface area contributed by atoms with Crippen LogP contribution in [0.5, 0.6) is 0 Å². The minimum Gasteiger partial charge on any atom is -0.481 e. The molecule has 0 aromatic heterocycles. The van der Waals surface area contributed by atoms with Crippen LogP contribution in [0.4, 0.5) is 0 Å². The van der Waals surface area contributed by atoms with Gasteiger partial charge < -0.3 is 9.84 Å². The van der Waals surface area contributed by atoms with Crippen molar-refractivity contribution in [1.82, 2.24) is 4.31 Å². The highest BCUT2D eigenvalue weighted by atomic mass is 32.2. The molecule has 1 aliphatic heterocycles. The molecule has 0 spiro atoms. The van der Waals surface area contributed by atoms with E-state index in [2.05, 4.69) is 0 Å². The van der Waals surface area contributed by atoms with Crippen LogP contribution in [0.3, 0.4) is 0 Å². The normalized spacial score (nSPS) is 28.0. The van der Waals surface area contributed by atoms with Crippen molar-refractivity contribution < 1.29 is 23.1 Å².